The molecule has 4 fully saturated rings. The number of fused-ring (bicyclic) bond motifs is 5. The van der Waals surface area contributed by atoms with Crippen molar-refractivity contribution in [1.29, 1.82) is 0 Å². The molecule has 0 bridgehead atoms. The van der Waals surface area contributed by atoms with E-state index in [2.05, 4.69) is 30.8 Å². The summed E-state index contributed by atoms with van der Waals surface area (Å²) in [6.07, 6.45) is 8.44. The van der Waals surface area contributed by atoms with Gasteiger partial charge in [-0.25, -0.2) is 0 Å². The van der Waals surface area contributed by atoms with Crippen molar-refractivity contribution in [2.24, 2.45) is 39.6 Å². The number of azide groups is 1. The molecule has 26 heavy (non-hydrogen) atoms. The zero-order valence-corrected chi connectivity index (χ0v) is 16.6. The van der Waals surface area contributed by atoms with Crippen LogP contribution in [0.15, 0.2) is 5.11 Å². The summed E-state index contributed by atoms with van der Waals surface area (Å²) in [6, 6.07) is -0.186. The van der Waals surface area contributed by atoms with Gasteiger partial charge in [-0.15, -0.1) is 0 Å². The van der Waals surface area contributed by atoms with E-state index < -0.39 is 11.7 Å². The van der Waals surface area contributed by atoms with Crippen molar-refractivity contribution in [3.63, 3.8) is 0 Å². The molecule has 5 nitrogen and oxygen atoms in total. The zero-order valence-electron chi connectivity index (χ0n) is 16.6. The minimum absolute atomic E-state index is 0.186. The van der Waals surface area contributed by atoms with E-state index in [0.717, 1.165) is 25.2 Å². The largest absolute Gasteiger partial charge is 0.390 e. The molecule has 4 saturated carbocycles. The number of rotatable bonds is 2. The van der Waals surface area contributed by atoms with Crippen LogP contribution in [0, 0.1) is 34.5 Å². The fraction of sp³-hybridized carbons (Fsp3) is 1.00. The molecule has 146 valence electrons. The SMILES string of the molecule is CC[C@H]1CC[C@H]2[C@@H]3C[C@@H](O)[C@@]4(O)CC(N=[N+]=[N-])CC[C@]4(C)[C@H]3CC[C@]12C. The second-order valence-electron chi connectivity index (χ2n) is 10.3. The van der Waals surface area contributed by atoms with Crippen LogP contribution < -0.4 is 0 Å². The van der Waals surface area contributed by atoms with Gasteiger partial charge in [0, 0.05) is 16.4 Å². The van der Waals surface area contributed by atoms with E-state index in [1.807, 2.05) is 0 Å². The number of hydrogen-bond acceptors (Lipinski definition) is 3. The van der Waals surface area contributed by atoms with Crippen molar-refractivity contribution in [3.05, 3.63) is 10.4 Å². The Morgan fingerprint density at radius 2 is 1.88 bits per heavy atom. The summed E-state index contributed by atoms with van der Waals surface area (Å²) in [6.45, 7) is 7.05. The average molecular weight is 362 g/mol. The highest BCUT2D eigenvalue weighted by Crippen LogP contribution is 2.68. The fourth-order valence-electron chi connectivity index (χ4n) is 8.21. The molecule has 0 saturated heterocycles. The van der Waals surface area contributed by atoms with E-state index >= 15 is 0 Å². The Bertz CT molecular complexity index is 620. The van der Waals surface area contributed by atoms with Gasteiger partial charge in [-0.3, -0.25) is 0 Å². The lowest BCUT2D eigenvalue weighted by atomic mass is 9.42. The lowest BCUT2D eigenvalue weighted by Gasteiger charge is -2.65. The standard InChI is InChI=1S/C21H35N3O2/c1-4-13-5-6-16-15-11-18(25)21(26)12-14(23-24-22)7-10-20(21,3)17(15)8-9-19(13,16)2/h13-18,25-26H,4-12H2,1-3H3/t13-,14?,15-,16-,17-,18+,19+,20+,21-/m0/s1. The van der Waals surface area contributed by atoms with Crippen LogP contribution in [0.3, 0.4) is 0 Å². The third-order valence-corrected chi connectivity index (χ3v) is 9.74. The molecule has 4 aliphatic carbocycles. The monoisotopic (exact) mass is 361 g/mol. The van der Waals surface area contributed by atoms with Crippen molar-refractivity contribution in [3.8, 4) is 0 Å². The highest BCUT2D eigenvalue weighted by atomic mass is 16.3. The third-order valence-electron chi connectivity index (χ3n) is 9.74. The van der Waals surface area contributed by atoms with Crippen LogP contribution >= 0.6 is 0 Å². The van der Waals surface area contributed by atoms with E-state index in [1.165, 1.54) is 32.1 Å². The van der Waals surface area contributed by atoms with E-state index in [0.29, 0.717) is 29.6 Å². The van der Waals surface area contributed by atoms with E-state index in [1.54, 1.807) is 0 Å². The lowest BCUT2D eigenvalue weighted by Crippen LogP contribution is -2.68. The second-order valence-corrected chi connectivity index (χ2v) is 10.3. The first kappa shape index (κ1) is 18.6. The summed E-state index contributed by atoms with van der Waals surface area (Å²) >= 11 is 0. The number of aliphatic hydroxyl groups excluding tert-OH is 1. The average Bonchev–Trinajstić information content (AvgIpc) is 2.94. The molecule has 4 aliphatic rings. The third kappa shape index (κ3) is 2.26. The predicted octanol–water partition coefficient (Wildman–Crippen LogP) is 4.82. The summed E-state index contributed by atoms with van der Waals surface area (Å²) in [5.41, 5.74) is 7.86. The van der Waals surface area contributed by atoms with Crippen LogP contribution in [0.5, 0.6) is 0 Å². The molecule has 0 aromatic heterocycles. The maximum Gasteiger partial charge on any atom is 0.0965 e. The van der Waals surface area contributed by atoms with Crippen LogP contribution in [-0.2, 0) is 0 Å². The van der Waals surface area contributed by atoms with Crippen LogP contribution in [0.1, 0.15) is 78.6 Å². The van der Waals surface area contributed by atoms with Crippen molar-refractivity contribution < 1.29 is 10.2 Å². The molecule has 0 aliphatic heterocycles. The summed E-state index contributed by atoms with van der Waals surface area (Å²) in [5.74, 6) is 2.52. The Morgan fingerprint density at radius 3 is 2.58 bits per heavy atom. The maximum atomic E-state index is 11.6. The normalized spacial score (nSPS) is 56.0. The minimum atomic E-state index is -1.11. The summed E-state index contributed by atoms with van der Waals surface area (Å²) in [7, 11) is 0. The summed E-state index contributed by atoms with van der Waals surface area (Å²) in [4.78, 5) is 2.96. The smallest absolute Gasteiger partial charge is 0.0965 e. The summed E-state index contributed by atoms with van der Waals surface area (Å²) in [5, 5.41) is 26.6. The second kappa shape index (κ2) is 6.12. The molecule has 4 rings (SSSR count). The van der Waals surface area contributed by atoms with Crippen LogP contribution in [0.2, 0.25) is 0 Å². The molecule has 0 radical (unpaired) electrons. The van der Waals surface area contributed by atoms with Gasteiger partial charge in [-0.2, -0.15) is 0 Å². The number of hydrogen-bond donors (Lipinski definition) is 2. The molecular formula is C21H35N3O2. The molecule has 0 spiro atoms. The fourth-order valence-corrected chi connectivity index (χ4v) is 8.21. The number of nitrogens with zero attached hydrogens (tertiary/aromatic N) is 3. The van der Waals surface area contributed by atoms with Gasteiger partial charge < -0.3 is 10.2 Å². The predicted molar refractivity (Wildman–Crippen MR) is 101 cm³/mol. The van der Waals surface area contributed by atoms with Gasteiger partial charge in [-0.05, 0) is 86.0 Å². The first-order valence-corrected chi connectivity index (χ1v) is 10.7. The molecule has 2 N–H and O–H groups in total. The lowest BCUT2D eigenvalue weighted by molar-refractivity contribution is -0.254. The van der Waals surface area contributed by atoms with Crippen LogP contribution in [0.25, 0.3) is 10.4 Å². The molecule has 9 atom stereocenters. The van der Waals surface area contributed by atoms with Crippen LogP contribution in [0.4, 0.5) is 0 Å². The first-order chi connectivity index (χ1) is 12.3. The Hall–Kier alpha value is -0.770. The Morgan fingerprint density at radius 1 is 1.12 bits per heavy atom. The van der Waals surface area contributed by atoms with Crippen LogP contribution in [-0.4, -0.2) is 28.0 Å². The van der Waals surface area contributed by atoms with Gasteiger partial charge in [0.25, 0.3) is 0 Å². The molecule has 5 heteroatoms. The van der Waals surface area contributed by atoms with Gasteiger partial charge in [0.05, 0.1) is 11.7 Å². The minimum Gasteiger partial charge on any atom is -0.390 e. The van der Waals surface area contributed by atoms with Gasteiger partial charge in [0.1, 0.15) is 0 Å². The maximum absolute atomic E-state index is 11.6. The number of aliphatic hydroxyl groups is 2. The quantitative estimate of drug-likeness (QED) is 0.419. The van der Waals surface area contributed by atoms with Crippen molar-refractivity contribution in [1.82, 2.24) is 0 Å². The Balaban J connectivity index is 1.67. The molecule has 0 amide bonds. The van der Waals surface area contributed by atoms with Crippen molar-refractivity contribution in [2.75, 3.05) is 0 Å². The van der Waals surface area contributed by atoms with Gasteiger partial charge in [-0.1, -0.05) is 32.3 Å². The Kier molecular flexibility index (Phi) is 4.37. The van der Waals surface area contributed by atoms with E-state index in [-0.39, 0.29) is 11.5 Å². The highest BCUT2D eigenvalue weighted by molar-refractivity contribution is 5.17. The summed E-state index contributed by atoms with van der Waals surface area (Å²) < 4.78 is 0. The van der Waals surface area contributed by atoms with Gasteiger partial charge in [0.2, 0.25) is 0 Å². The molecule has 1 unspecified atom stereocenters. The van der Waals surface area contributed by atoms with E-state index in [4.69, 9.17) is 5.53 Å². The first-order valence-electron chi connectivity index (χ1n) is 10.7. The van der Waals surface area contributed by atoms with Gasteiger partial charge in [0.15, 0.2) is 0 Å². The van der Waals surface area contributed by atoms with Crippen molar-refractivity contribution in [2.45, 2.75) is 96.3 Å². The highest BCUT2D eigenvalue weighted by Gasteiger charge is 2.67. The molecule has 0 heterocycles. The molecular weight excluding hydrogens is 326 g/mol. The van der Waals surface area contributed by atoms with Crippen molar-refractivity contribution >= 4 is 0 Å². The zero-order chi connectivity index (χ0) is 18.7. The topological polar surface area (TPSA) is 89.2 Å². The molecule has 0 aromatic rings. The Labute approximate surface area is 157 Å². The van der Waals surface area contributed by atoms with Gasteiger partial charge >= 0.3 is 0 Å². The molecule has 0 aromatic carbocycles. The van der Waals surface area contributed by atoms with E-state index in [9.17, 15) is 10.2 Å².